The summed E-state index contributed by atoms with van der Waals surface area (Å²) in [6.07, 6.45) is 6.33. The third-order valence-electron chi connectivity index (χ3n) is 5.78. The van der Waals surface area contributed by atoms with Crippen LogP contribution in [-0.2, 0) is 19.1 Å². The van der Waals surface area contributed by atoms with Gasteiger partial charge in [-0.15, -0.1) is 0 Å². The number of hydrogen-bond donors (Lipinski definition) is 0. The Morgan fingerprint density at radius 2 is 1.64 bits per heavy atom. The first-order valence-electron chi connectivity index (χ1n) is 8.49. The lowest BCUT2D eigenvalue weighted by Crippen LogP contribution is -2.41. The molecular formula is C21H24O4. The van der Waals surface area contributed by atoms with Crippen LogP contribution in [-0.4, -0.2) is 26.2 Å². The number of carbonyl (C=O) groups excluding carboxylic acids is 2. The largest absolute Gasteiger partial charge is 0.468 e. The van der Waals surface area contributed by atoms with E-state index in [0.717, 1.165) is 5.57 Å². The van der Waals surface area contributed by atoms with Gasteiger partial charge in [0.15, 0.2) is 5.41 Å². The molecule has 0 N–H and O–H groups in total. The monoisotopic (exact) mass is 340 g/mol. The van der Waals surface area contributed by atoms with Gasteiger partial charge in [-0.2, -0.15) is 0 Å². The summed E-state index contributed by atoms with van der Waals surface area (Å²) < 4.78 is 9.88. The topological polar surface area (TPSA) is 52.6 Å². The Hall–Kier alpha value is -2.36. The van der Waals surface area contributed by atoms with E-state index in [0.29, 0.717) is 6.42 Å². The van der Waals surface area contributed by atoms with Crippen LogP contribution >= 0.6 is 0 Å². The molecule has 0 radical (unpaired) electrons. The van der Waals surface area contributed by atoms with Crippen molar-refractivity contribution >= 4 is 11.9 Å². The molecule has 132 valence electrons. The molecule has 0 spiro atoms. The Labute approximate surface area is 148 Å². The maximum absolute atomic E-state index is 12.5. The first kappa shape index (κ1) is 17.5. The van der Waals surface area contributed by atoms with Crippen LogP contribution < -0.4 is 0 Å². The van der Waals surface area contributed by atoms with Gasteiger partial charge in [-0.05, 0) is 28.9 Å². The molecule has 2 aliphatic carbocycles. The molecule has 0 fully saturated rings. The number of benzene rings is 1. The van der Waals surface area contributed by atoms with E-state index in [9.17, 15) is 9.59 Å². The van der Waals surface area contributed by atoms with Gasteiger partial charge in [0.2, 0.25) is 0 Å². The lowest BCUT2D eigenvalue weighted by Gasteiger charge is -2.43. The van der Waals surface area contributed by atoms with Crippen LogP contribution in [0.4, 0.5) is 0 Å². The molecule has 4 heteroatoms. The predicted octanol–water partition coefficient (Wildman–Crippen LogP) is 3.64. The van der Waals surface area contributed by atoms with Crippen molar-refractivity contribution in [1.29, 1.82) is 0 Å². The minimum atomic E-state index is -1.35. The smallest absolute Gasteiger partial charge is 0.327 e. The summed E-state index contributed by atoms with van der Waals surface area (Å²) in [5.74, 6) is -0.828. The van der Waals surface area contributed by atoms with Crippen LogP contribution in [0.5, 0.6) is 0 Å². The number of ether oxygens (including phenoxy) is 2. The van der Waals surface area contributed by atoms with Crippen molar-refractivity contribution in [3.05, 3.63) is 59.7 Å². The van der Waals surface area contributed by atoms with Crippen LogP contribution in [0.2, 0.25) is 0 Å². The molecule has 2 aliphatic rings. The van der Waals surface area contributed by atoms with Crippen molar-refractivity contribution in [3.8, 4) is 0 Å². The van der Waals surface area contributed by atoms with E-state index >= 15 is 0 Å². The fourth-order valence-corrected chi connectivity index (χ4v) is 4.35. The number of allylic oxidation sites excluding steroid dienone is 3. The Balaban J connectivity index is 2.02. The number of methoxy groups -OCH3 is 2. The van der Waals surface area contributed by atoms with E-state index < -0.39 is 17.4 Å². The van der Waals surface area contributed by atoms with Crippen LogP contribution in [0, 0.1) is 16.7 Å². The summed E-state index contributed by atoms with van der Waals surface area (Å²) in [6.45, 7) is 4.38. The highest BCUT2D eigenvalue weighted by Gasteiger charge is 2.57. The Morgan fingerprint density at radius 3 is 2.20 bits per heavy atom. The summed E-state index contributed by atoms with van der Waals surface area (Å²) in [5, 5.41) is 0. The molecular weight excluding hydrogens is 316 g/mol. The molecule has 4 nitrogen and oxygen atoms in total. The summed E-state index contributed by atoms with van der Waals surface area (Å²) >= 11 is 0. The SMILES string of the molecule is COC(=O)C1(C(=O)OC)C=C2C=C[C@H](c3ccccc3)C(C)(C)[C@@H]2C1. The van der Waals surface area contributed by atoms with Gasteiger partial charge in [-0.1, -0.05) is 62.4 Å². The summed E-state index contributed by atoms with van der Waals surface area (Å²) in [4.78, 5) is 24.9. The molecule has 1 aromatic carbocycles. The zero-order chi connectivity index (χ0) is 18.2. The van der Waals surface area contributed by atoms with Crippen LogP contribution in [0.25, 0.3) is 0 Å². The van der Waals surface area contributed by atoms with Crippen molar-refractivity contribution < 1.29 is 19.1 Å². The average molecular weight is 340 g/mol. The first-order chi connectivity index (χ1) is 11.9. The van der Waals surface area contributed by atoms with Crippen LogP contribution in [0.3, 0.4) is 0 Å². The van der Waals surface area contributed by atoms with Crippen LogP contribution in [0.15, 0.2) is 54.1 Å². The summed E-state index contributed by atoms with van der Waals surface area (Å²) in [7, 11) is 2.61. The third-order valence-corrected chi connectivity index (χ3v) is 5.78. The van der Waals surface area contributed by atoms with Gasteiger partial charge in [0.25, 0.3) is 0 Å². The van der Waals surface area contributed by atoms with Crippen molar-refractivity contribution in [1.82, 2.24) is 0 Å². The minimum Gasteiger partial charge on any atom is -0.468 e. The molecule has 1 aromatic rings. The first-order valence-corrected chi connectivity index (χ1v) is 8.49. The highest BCUT2D eigenvalue weighted by molar-refractivity contribution is 6.03. The van der Waals surface area contributed by atoms with Crippen molar-refractivity contribution in [2.75, 3.05) is 14.2 Å². The van der Waals surface area contributed by atoms with Crippen LogP contribution in [0.1, 0.15) is 31.7 Å². The second-order valence-electron chi connectivity index (χ2n) is 7.42. The van der Waals surface area contributed by atoms with Gasteiger partial charge in [0.05, 0.1) is 14.2 Å². The Morgan fingerprint density at radius 1 is 1.04 bits per heavy atom. The molecule has 0 amide bonds. The molecule has 0 unspecified atom stereocenters. The summed E-state index contributed by atoms with van der Waals surface area (Å²) in [6, 6.07) is 10.3. The van der Waals surface area contributed by atoms with Gasteiger partial charge < -0.3 is 9.47 Å². The minimum absolute atomic E-state index is 0.0703. The highest BCUT2D eigenvalue weighted by Crippen LogP contribution is 2.57. The Bertz CT molecular complexity index is 726. The summed E-state index contributed by atoms with van der Waals surface area (Å²) in [5.41, 5.74) is 0.743. The van der Waals surface area contributed by atoms with E-state index in [2.05, 4.69) is 32.1 Å². The normalized spacial score (nSPS) is 25.7. The van der Waals surface area contributed by atoms with Crippen molar-refractivity contribution in [2.45, 2.75) is 26.2 Å². The van der Waals surface area contributed by atoms with Gasteiger partial charge in [0.1, 0.15) is 0 Å². The second kappa shape index (κ2) is 6.17. The molecule has 3 rings (SSSR count). The number of fused-ring (bicyclic) bond motifs is 1. The number of rotatable bonds is 3. The van der Waals surface area contributed by atoms with Gasteiger partial charge in [0, 0.05) is 5.92 Å². The van der Waals surface area contributed by atoms with E-state index in [1.165, 1.54) is 19.8 Å². The molecule has 0 saturated carbocycles. The molecule has 0 aromatic heterocycles. The fraction of sp³-hybridized carbons (Fsp3) is 0.429. The number of hydrogen-bond acceptors (Lipinski definition) is 4. The zero-order valence-electron chi connectivity index (χ0n) is 15.1. The van der Waals surface area contributed by atoms with Gasteiger partial charge in [-0.3, -0.25) is 9.59 Å². The molecule has 25 heavy (non-hydrogen) atoms. The molecule has 0 heterocycles. The Kier molecular flexibility index (Phi) is 4.31. The third kappa shape index (κ3) is 2.60. The van der Waals surface area contributed by atoms with E-state index in [-0.39, 0.29) is 17.3 Å². The van der Waals surface area contributed by atoms with E-state index in [1.807, 2.05) is 24.3 Å². The van der Waals surface area contributed by atoms with Crippen molar-refractivity contribution in [2.24, 2.45) is 16.7 Å². The quantitative estimate of drug-likeness (QED) is 0.623. The average Bonchev–Trinajstić information content (AvgIpc) is 3.03. The zero-order valence-corrected chi connectivity index (χ0v) is 15.1. The molecule has 0 saturated heterocycles. The van der Waals surface area contributed by atoms with Gasteiger partial charge in [-0.25, -0.2) is 0 Å². The number of esters is 2. The standard InChI is InChI=1S/C21H24O4/c1-20(2)16(14-8-6-5-7-9-14)11-10-15-12-21(13-17(15)20,18(22)24-3)19(23)25-4/h5-12,16-17H,13H2,1-4H3/t16-,17-/m1/s1. The second-order valence-corrected chi connectivity index (χ2v) is 7.42. The molecule has 2 atom stereocenters. The van der Waals surface area contributed by atoms with E-state index in [1.54, 1.807) is 6.08 Å². The maximum atomic E-state index is 12.5. The lowest BCUT2D eigenvalue weighted by atomic mass is 9.61. The maximum Gasteiger partial charge on any atom is 0.327 e. The van der Waals surface area contributed by atoms with E-state index in [4.69, 9.17) is 9.47 Å². The highest BCUT2D eigenvalue weighted by atomic mass is 16.5. The lowest BCUT2D eigenvalue weighted by molar-refractivity contribution is -0.165. The number of carbonyl (C=O) groups is 2. The van der Waals surface area contributed by atoms with Gasteiger partial charge >= 0.3 is 11.9 Å². The fourth-order valence-electron chi connectivity index (χ4n) is 4.35. The predicted molar refractivity (Wildman–Crippen MR) is 94.8 cm³/mol. The van der Waals surface area contributed by atoms with Crippen molar-refractivity contribution in [3.63, 3.8) is 0 Å². The molecule has 0 bridgehead atoms. The molecule has 0 aliphatic heterocycles.